The fourth-order valence-electron chi connectivity index (χ4n) is 1.54. The Morgan fingerprint density at radius 2 is 2.12 bits per heavy atom. The molecule has 0 aliphatic carbocycles. The van der Waals surface area contributed by atoms with E-state index in [1.165, 1.54) is 10.5 Å². The first kappa shape index (κ1) is 14.1. The summed E-state index contributed by atoms with van der Waals surface area (Å²) in [5.41, 5.74) is -0.569. The van der Waals surface area contributed by atoms with E-state index in [0.717, 1.165) is 0 Å². The number of nitrogens with zero attached hydrogens (tertiary/aromatic N) is 2. The lowest BCUT2D eigenvalue weighted by atomic mass is 10.1. The predicted molar refractivity (Wildman–Crippen MR) is 64.1 cm³/mol. The summed E-state index contributed by atoms with van der Waals surface area (Å²) < 4.78 is 25.8. The standard InChI is InChI=1S/C10H19N3O3S/c1-5-13(7-10(3,4)14)17(15,16)9-6-11-12-8(9)2/h6,14H,5,7H2,1-4H3,(H,11,12). The van der Waals surface area contributed by atoms with Gasteiger partial charge < -0.3 is 5.11 Å². The van der Waals surface area contributed by atoms with E-state index in [1.807, 2.05) is 0 Å². The van der Waals surface area contributed by atoms with Gasteiger partial charge in [0.15, 0.2) is 0 Å². The van der Waals surface area contributed by atoms with E-state index in [0.29, 0.717) is 12.2 Å². The minimum Gasteiger partial charge on any atom is -0.389 e. The number of aryl methyl sites for hydroxylation is 1. The van der Waals surface area contributed by atoms with Crippen molar-refractivity contribution in [2.75, 3.05) is 13.1 Å². The van der Waals surface area contributed by atoms with E-state index in [4.69, 9.17) is 0 Å². The van der Waals surface area contributed by atoms with Crippen LogP contribution in [0.2, 0.25) is 0 Å². The molecule has 0 amide bonds. The van der Waals surface area contributed by atoms with E-state index >= 15 is 0 Å². The van der Waals surface area contributed by atoms with Crippen molar-refractivity contribution in [1.82, 2.24) is 14.5 Å². The van der Waals surface area contributed by atoms with Crippen molar-refractivity contribution in [3.8, 4) is 0 Å². The van der Waals surface area contributed by atoms with Crippen LogP contribution in [0.25, 0.3) is 0 Å². The Hall–Kier alpha value is -0.920. The minimum atomic E-state index is -3.59. The van der Waals surface area contributed by atoms with Crippen molar-refractivity contribution in [3.05, 3.63) is 11.9 Å². The maximum atomic E-state index is 12.3. The molecular weight excluding hydrogens is 242 g/mol. The van der Waals surface area contributed by atoms with Crippen LogP contribution < -0.4 is 0 Å². The van der Waals surface area contributed by atoms with Crippen LogP contribution in [0, 0.1) is 6.92 Å². The monoisotopic (exact) mass is 261 g/mol. The summed E-state index contributed by atoms with van der Waals surface area (Å²) in [6, 6.07) is 0. The predicted octanol–water partition coefficient (Wildman–Crippen LogP) is 0.500. The van der Waals surface area contributed by atoms with Crippen LogP contribution in [-0.4, -0.2) is 46.7 Å². The van der Waals surface area contributed by atoms with Gasteiger partial charge >= 0.3 is 0 Å². The zero-order valence-electron chi connectivity index (χ0n) is 10.6. The second kappa shape index (κ2) is 4.75. The molecule has 98 valence electrons. The zero-order valence-corrected chi connectivity index (χ0v) is 11.4. The van der Waals surface area contributed by atoms with Gasteiger partial charge in [0, 0.05) is 13.1 Å². The Bertz CT molecular complexity index is 473. The van der Waals surface area contributed by atoms with Gasteiger partial charge in [-0.2, -0.15) is 9.40 Å². The number of aliphatic hydroxyl groups is 1. The van der Waals surface area contributed by atoms with Crippen LogP contribution in [0.1, 0.15) is 26.5 Å². The van der Waals surface area contributed by atoms with Gasteiger partial charge in [-0.25, -0.2) is 8.42 Å². The van der Waals surface area contributed by atoms with E-state index in [1.54, 1.807) is 27.7 Å². The largest absolute Gasteiger partial charge is 0.389 e. The molecule has 1 heterocycles. The molecule has 0 aromatic carbocycles. The Labute approximate surface area is 102 Å². The summed E-state index contributed by atoms with van der Waals surface area (Å²) in [5.74, 6) is 0. The lowest BCUT2D eigenvalue weighted by Crippen LogP contribution is -2.42. The van der Waals surface area contributed by atoms with Gasteiger partial charge in [0.05, 0.1) is 17.5 Å². The summed E-state index contributed by atoms with van der Waals surface area (Å²) in [6.45, 7) is 6.89. The quantitative estimate of drug-likeness (QED) is 0.808. The van der Waals surface area contributed by atoms with Gasteiger partial charge in [-0.05, 0) is 20.8 Å². The van der Waals surface area contributed by atoms with Gasteiger partial charge in [-0.1, -0.05) is 6.92 Å². The number of hydrogen-bond donors (Lipinski definition) is 2. The molecule has 0 aliphatic heterocycles. The first-order valence-corrected chi connectivity index (χ1v) is 6.85. The Kier molecular flexibility index (Phi) is 3.95. The third kappa shape index (κ3) is 3.27. The van der Waals surface area contributed by atoms with Gasteiger partial charge in [0.25, 0.3) is 0 Å². The molecule has 17 heavy (non-hydrogen) atoms. The lowest BCUT2D eigenvalue weighted by molar-refractivity contribution is 0.0601. The maximum absolute atomic E-state index is 12.3. The molecule has 7 heteroatoms. The third-order valence-corrected chi connectivity index (χ3v) is 4.35. The van der Waals surface area contributed by atoms with Gasteiger partial charge in [0.1, 0.15) is 4.90 Å². The van der Waals surface area contributed by atoms with E-state index in [-0.39, 0.29) is 11.4 Å². The molecule has 0 bridgehead atoms. The average molecular weight is 261 g/mol. The maximum Gasteiger partial charge on any atom is 0.246 e. The third-order valence-electron chi connectivity index (χ3n) is 2.32. The van der Waals surface area contributed by atoms with Crippen molar-refractivity contribution >= 4 is 10.0 Å². The second-order valence-electron chi connectivity index (χ2n) is 4.60. The minimum absolute atomic E-state index is 0.0520. The number of H-pyrrole nitrogens is 1. The van der Waals surface area contributed by atoms with Crippen molar-refractivity contribution < 1.29 is 13.5 Å². The van der Waals surface area contributed by atoms with E-state index in [9.17, 15) is 13.5 Å². The number of aromatic amines is 1. The zero-order chi connectivity index (χ0) is 13.3. The molecule has 0 atom stereocenters. The van der Waals surface area contributed by atoms with Crippen LogP contribution in [-0.2, 0) is 10.0 Å². The fourth-order valence-corrected chi connectivity index (χ4v) is 3.26. The highest BCUT2D eigenvalue weighted by Gasteiger charge is 2.30. The van der Waals surface area contributed by atoms with Crippen molar-refractivity contribution in [2.24, 2.45) is 0 Å². The SMILES string of the molecule is CCN(CC(C)(C)O)S(=O)(=O)c1cn[nH]c1C. The summed E-state index contributed by atoms with van der Waals surface area (Å²) in [5, 5.41) is 16.0. The van der Waals surface area contributed by atoms with Gasteiger partial charge in [0.2, 0.25) is 10.0 Å². The Balaban J connectivity index is 3.08. The van der Waals surface area contributed by atoms with Crippen molar-refractivity contribution in [1.29, 1.82) is 0 Å². The van der Waals surface area contributed by atoms with Gasteiger partial charge in [-0.3, -0.25) is 5.10 Å². The first-order valence-electron chi connectivity index (χ1n) is 5.41. The number of hydrogen-bond acceptors (Lipinski definition) is 4. The summed E-state index contributed by atoms with van der Waals surface area (Å²) >= 11 is 0. The number of nitrogens with one attached hydrogen (secondary N) is 1. The summed E-state index contributed by atoms with van der Waals surface area (Å²) in [7, 11) is -3.59. The van der Waals surface area contributed by atoms with Crippen LogP contribution >= 0.6 is 0 Å². The molecule has 1 rings (SSSR count). The molecule has 0 radical (unpaired) electrons. The average Bonchev–Trinajstić information content (AvgIpc) is 2.59. The molecule has 0 spiro atoms. The van der Waals surface area contributed by atoms with E-state index in [2.05, 4.69) is 10.2 Å². The van der Waals surface area contributed by atoms with Crippen molar-refractivity contribution in [3.63, 3.8) is 0 Å². The smallest absolute Gasteiger partial charge is 0.246 e. The number of rotatable bonds is 5. The molecular formula is C10H19N3O3S. The summed E-state index contributed by atoms with van der Waals surface area (Å²) in [4.78, 5) is 0.156. The van der Waals surface area contributed by atoms with Crippen LogP contribution in [0.5, 0.6) is 0 Å². The van der Waals surface area contributed by atoms with Crippen LogP contribution in [0.15, 0.2) is 11.1 Å². The van der Waals surface area contributed by atoms with E-state index < -0.39 is 15.6 Å². The van der Waals surface area contributed by atoms with Crippen LogP contribution in [0.4, 0.5) is 0 Å². The molecule has 0 unspecified atom stereocenters. The topological polar surface area (TPSA) is 86.3 Å². The highest BCUT2D eigenvalue weighted by molar-refractivity contribution is 7.89. The number of sulfonamides is 1. The van der Waals surface area contributed by atoms with Crippen molar-refractivity contribution in [2.45, 2.75) is 38.2 Å². The lowest BCUT2D eigenvalue weighted by Gasteiger charge is -2.27. The molecule has 0 fully saturated rings. The Morgan fingerprint density at radius 1 is 1.53 bits per heavy atom. The summed E-state index contributed by atoms with van der Waals surface area (Å²) in [6.07, 6.45) is 1.29. The molecule has 0 aliphatic rings. The molecule has 6 nitrogen and oxygen atoms in total. The first-order chi connectivity index (χ1) is 7.68. The molecule has 0 saturated carbocycles. The normalized spacial score (nSPS) is 13.3. The molecule has 2 N–H and O–H groups in total. The molecule has 0 saturated heterocycles. The highest BCUT2D eigenvalue weighted by Crippen LogP contribution is 2.19. The number of likely N-dealkylation sites (N-methyl/N-ethyl adjacent to an activating group) is 1. The highest BCUT2D eigenvalue weighted by atomic mass is 32.2. The molecule has 1 aromatic heterocycles. The number of aromatic nitrogens is 2. The van der Waals surface area contributed by atoms with Crippen LogP contribution in [0.3, 0.4) is 0 Å². The molecule has 1 aromatic rings. The second-order valence-corrected chi connectivity index (χ2v) is 6.51. The fraction of sp³-hybridized carbons (Fsp3) is 0.700. The van der Waals surface area contributed by atoms with Gasteiger partial charge in [-0.15, -0.1) is 0 Å². The Morgan fingerprint density at radius 3 is 2.47 bits per heavy atom.